The van der Waals surface area contributed by atoms with Gasteiger partial charge < -0.3 is 8.83 Å². The number of aryl methyl sites for hydroxylation is 1. The van der Waals surface area contributed by atoms with Crippen LogP contribution in [0, 0.1) is 0 Å². The van der Waals surface area contributed by atoms with E-state index in [0.717, 1.165) is 84.2 Å². The summed E-state index contributed by atoms with van der Waals surface area (Å²) in [6, 6.07) is 64.4. The Morgan fingerprint density at radius 1 is 0.377 bits per heavy atom. The van der Waals surface area contributed by atoms with Crippen molar-refractivity contribution in [1.82, 2.24) is 15.0 Å². The summed E-state index contributed by atoms with van der Waals surface area (Å²) >= 11 is 0. The minimum atomic E-state index is 0.0717. The summed E-state index contributed by atoms with van der Waals surface area (Å²) in [6.45, 7) is 0. The number of rotatable bonds is 4. The van der Waals surface area contributed by atoms with Crippen LogP contribution in [0.1, 0.15) is 29.0 Å². The van der Waals surface area contributed by atoms with Gasteiger partial charge in [0, 0.05) is 44.2 Å². The molecule has 0 spiro atoms. The van der Waals surface area contributed by atoms with Crippen molar-refractivity contribution in [3.63, 3.8) is 0 Å². The maximum Gasteiger partial charge on any atom is 0.164 e. The van der Waals surface area contributed by atoms with Crippen molar-refractivity contribution in [3.05, 3.63) is 199 Å². The first-order valence-corrected chi connectivity index (χ1v) is 20.9. The Balaban J connectivity index is 1.07. The number of aromatic nitrogens is 3. The second kappa shape index (κ2) is 13.3. The monoisotopic (exact) mass is 781 g/mol. The number of fused-ring (bicyclic) bond motifs is 11. The lowest BCUT2D eigenvalue weighted by Crippen LogP contribution is -2.05. The molecule has 12 aromatic rings. The lowest BCUT2D eigenvalue weighted by molar-refractivity contribution is 0.667. The second-order valence-electron chi connectivity index (χ2n) is 16.2. The SMILES string of the molecule is c1ccc2c(c1)-c1cc3ccccc3cc1CCC2c1cc(-c2nc(-c3ccc4ccccc4c3)nc(-c3cccc4oc5ccccc5c34)n2)cc2oc3ccccc3c12. The predicted molar refractivity (Wildman–Crippen MR) is 248 cm³/mol. The first kappa shape index (κ1) is 34.0. The van der Waals surface area contributed by atoms with Crippen molar-refractivity contribution in [2.45, 2.75) is 18.8 Å². The largest absolute Gasteiger partial charge is 0.456 e. The van der Waals surface area contributed by atoms with Gasteiger partial charge in [-0.05, 0) is 105 Å². The fourth-order valence-electron chi connectivity index (χ4n) is 9.90. The van der Waals surface area contributed by atoms with Gasteiger partial charge in [0.05, 0.1) is 0 Å². The molecule has 1 aliphatic carbocycles. The lowest BCUT2D eigenvalue weighted by Gasteiger charge is -2.20. The summed E-state index contributed by atoms with van der Waals surface area (Å²) in [6.07, 6.45) is 1.87. The van der Waals surface area contributed by atoms with Crippen LogP contribution in [0.5, 0.6) is 0 Å². The van der Waals surface area contributed by atoms with Crippen molar-refractivity contribution in [2.24, 2.45) is 0 Å². The molecule has 5 nitrogen and oxygen atoms in total. The predicted octanol–water partition coefficient (Wildman–Crippen LogP) is 14.7. The molecule has 61 heavy (non-hydrogen) atoms. The average Bonchev–Trinajstić information content (AvgIpc) is 3.85. The Labute approximate surface area is 350 Å². The van der Waals surface area contributed by atoms with Crippen LogP contribution in [0.3, 0.4) is 0 Å². The van der Waals surface area contributed by atoms with Crippen molar-refractivity contribution in [2.75, 3.05) is 0 Å². The van der Waals surface area contributed by atoms with Gasteiger partial charge in [-0.25, -0.2) is 15.0 Å². The van der Waals surface area contributed by atoms with Gasteiger partial charge in [0.25, 0.3) is 0 Å². The van der Waals surface area contributed by atoms with Gasteiger partial charge in [0.15, 0.2) is 17.5 Å². The van der Waals surface area contributed by atoms with E-state index in [1.165, 1.54) is 38.6 Å². The van der Waals surface area contributed by atoms with Crippen LogP contribution in [0.25, 0.3) is 111 Å². The molecule has 13 rings (SSSR count). The summed E-state index contributed by atoms with van der Waals surface area (Å²) in [5, 5.41) is 9.06. The molecule has 0 fully saturated rings. The summed E-state index contributed by atoms with van der Waals surface area (Å²) in [7, 11) is 0. The van der Waals surface area contributed by atoms with E-state index < -0.39 is 0 Å². The van der Waals surface area contributed by atoms with Gasteiger partial charge in [-0.15, -0.1) is 0 Å². The van der Waals surface area contributed by atoms with Gasteiger partial charge in [-0.1, -0.05) is 140 Å². The van der Waals surface area contributed by atoms with E-state index in [1.54, 1.807) is 0 Å². The van der Waals surface area contributed by atoms with E-state index in [0.29, 0.717) is 17.5 Å². The van der Waals surface area contributed by atoms with Crippen LogP contribution in [-0.4, -0.2) is 15.0 Å². The quantitative estimate of drug-likeness (QED) is 0.178. The zero-order valence-electron chi connectivity index (χ0n) is 33.0. The highest BCUT2D eigenvalue weighted by atomic mass is 16.3. The maximum atomic E-state index is 6.77. The first-order valence-electron chi connectivity index (χ1n) is 20.9. The highest BCUT2D eigenvalue weighted by Gasteiger charge is 2.28. The number of para-hydroxylation sites is 2. The molecule has 3 aromatic heterocycles. The molecule has 5 heteroatoms. The molecule has 286 valence electrons. The van der Waals surface area contributed by atoms with E-state index >= 15 is 0 Å². The normalized spacial score (nSPS) is 13.9. The van der Waals surface area contributed by atoms with Gasteiger partial charge in [-0.3, -0.25) is 0 Å². The van der Waals surface area contributed by atoms with Crippen molar-refractivity contribution in [1.29, 1.82) is 0 Å². The molecule has 9 aromatic carbocycles. The van der Waals surface area contributed by atoms with Crippen LogP contribution < -0.4 is 0 Å². The second-order valence-corrected chi connectivity index (χ2v) is 16.2. The van der Waals surface area contributed by atoms with E-state index in [1.807, 2.05) is 36.4 Å². The number of nitrogens with zero attached hydrogens (tertiary/aromatic N) is 3. The molecular formula is C56H35N3O2. The maximum absolute atomic E-state index is 6.77. The third-order valence-corrected chi connectivity index (χ3v) is 12.7. The molecule has 0 saturated heterocycles. The molecule has 3 heterocycles. The third kappa shape index (κ3) is 5.44. The minimum absolute atomic E-state index is 0.0717. The Morgan fingerprint density at radius 2 is 0.984 bits per heavy atom. The number of hydrogen-bond acceptors (Lipinski definition) is 5. The molecule has 0 aliphatic heterocycles. The molecule has 1 unspecified atom stereocenters. The zero-order valence-corrected chi connectivity index (χ0v) is 33.0. The smallest absolute Gasteiger partial charge is 0.164 e. The van der Waals surface area contributed by atoms with E-state index in [2.05, 4.69) is 146 Å². The van der Waals surface area contributed by atoms with Crippen molar-refractivity contribution >= 4 is 65.4 Å². The summed E-state index contributed by atoms with van der Waals surface area (Å²) < 4.78 is 13.1. The fraction of sp³-hybridized carbons (Fsp3) is 0.0536. The van der Waals surface area contributed by atoms with Gasteiger partial charge in [0.2, 0.25) is 0 Å². The van der Waals surface area contributed by atoms with Crippen LogP contribution in [0.15, 0.2) is 191 Å². The van der Waals surface area contributed by atoms with Crippen LogP contribution in [0.4, 0.5) is 0 Å². The number of furan rings is 2. The summed E-state index contributed by atoms with van der Waals surface area (Å²) in [5.41, 5.74) is 12.5. The molecule has 1 aliphatic rings. The standard InChI is InChI=1S/C56H35N3O2/c1-2-13-34-29-38(25-24-33(34)12-1)54-57-55(59-56(58-54)45-20-11-23-50-52(45)43-18-7-9-21-48(43)60-50)39-31-47(53-44-19-8-10-22-49(44)61-51(53)32-39)42-27-26-37-28-35-14-3-4-15-36(35)30-46(37)41-17-6-5-16-40(41)42/h1-25,28-32,42H,26-27H2. The zero-order chi connectivity index (χ0) is 40.0. The van der Waals surface area contributed by atoms with Crippen LogP contribution in [-0.2, 0) is 6.42 Å². The Bertz CT molecular complexity index is 3750. The first-order chi connectivity index (χ1) is 30.2. The molecule has 0 bridgehead atoms. The lowest BCUT2D eigenvalue weighted by atomic mass is 9.83. The molecule has 0 N–H and O–H groups in total. The van der Waals surface area contributed by atoms with E-state index in [9.17, 15) is 0 Å². The summed E-state index contributed by atoms with van der Waals surface area (Å²) in [5.74, 6) is 1.84. The average molecular weight is 782 g/mol. The van der Waals surface area contributed by atoms with E-state index in [-0.39, 0.29) is 5.92 Å². The Kier molecular flexibility index (Phi) is 7.43. The van der Waals surface area contributed by atoms with Gasteiger partial charge in [0.1, 0.15) is 22.3 Å². The summed E-state index contributed by atoms with van der Waals surface area (Å²) in [4.78, 5) is 15.9. The van der Waals surface area contributed by atoms with E-state index in [4.69, 9.17) is 23.8 Å². The minimum Gasteiger partial charge on any atom is -0.456 e. The molecular weight excluding hydrogens is 747 g/mol. The molecule has 0 saturated carbocycles. The highest BCUT2D eigenvalue weighted by Crippen LogP contribution is 2.47. The highest BCUT2D eigenvalue weighted by molar-refractivity contribution is 6.12. The van der Waals surface area contributed by atoms with Crippen molar-refractivity contribution in [3.8, 4) is 45.3 Å². The van der Waals surface area contributed by atoms with Crippen molar-refractivity contribution < 1.29 is 8.83 Å². The topological polar surface area (TPSA) is 65.0 Å². The molecule has 0 radical (unpaired) electrons. The van der Waals surface area contributed by atoms with Gasteiger partial charge >= 0.3 is 0 Å². The Hall–Kier alpha value is -7.89. The molecule has 1 atom stereocenters. The fourth-order valence-corrected chi connectivity index (χ4v) is 9.90. The number of hydrogen-bond donors (Lipinski definition) is 0. The van der Waals surface area contributed by atoms with Gasteiger partial charge in [-0.2, -0.15) is 0 Å². The Morgan fingerprint density at radius 3 is 1.80 bits per heavy atom. The van der Waals surface area contributed by atoms with Crippen LogP contribution >= 0.6 is 0 Å². The molecule has 0 amide bonds. The third-order valence-electron chi connectivity index (χ3n) is 12.7. The number of benzene rings is 9. The van der Waals surface area contributed by atoms with Crippen LogP contribution in [0.2, 0.25) is 0 Å².